The Bertz CT molecular complexity index is 976. The van der Waals surface area contributed by atoms with E-state index in [1.165, 1.54) is 5.56 Å². The monoisotopic (exact) mass is 549 g/mol. The van der Waals surface area contributed by atoms with Crippen molar-refractivity contribution in [1.82, 2.24) is 20.2 Å². The van der Waals surface area contributed by atoms with Gasteiger partial charge in [0.05, 0.1) is 25.2 Å². The highest BCUT2D eigenvalue weighted by atomic mass is 127. The molecule has 2 N–H and O–H groups in total. The lowest BCUT2D eigenvalue weighted by Gasteiger charge is -2.15. The minimum absolute atomic E-state index is 0. The molecule has 3 rings (SSSR count). The highest BCUT2D eigenvalue weighted by Gasteiger charge is 2.08. The minimum atomic E-state index is 0. The molecule has 8 heteroatoms. The van der Waals surface area contributed by atoms with Gasteiger partial charge in [-0.05, 0) is 49.6 Å². The molecule has 0 atom stereocenters. The molecule has 1 heterocycles. The van der Waals surface area contributed by atoms with Gasteiger partial charge in [0.1, 0.15) is 0 Å². The second kappa shape index (κ2) is 13.6. The van der Waals surface area contributed by atoms with Crippen LogP contribution in [-0.4, -0.2) is 42.3 Å². The van der Waals surface area contributed by atoms with Crippen molar-refractivity contribution in [3.05, 3.63) is 72.3 Å². The number of benzene rings is 2. The molecule has 2 aromatic carbocycles. The maximum atomic E-state index is 5.72. The van der Waals surface area contributed by atoms with E-state index in [0.29, 0.717) is 19.8 Å². The van der Waals surface area contributed by atoms with Crippen LogP contribution in [0.5, 0.6) is 11.5 Å². The molecular weight excluding hydrogens is 517 g/mol. The van der Waals surface area contributed by atoms with E-state index in [1.807, 2.05) is 48.9 Å². The van der Waals surface area contributed by atoms with Gasteiger partial charge in [-0.25, -0.2) is 4.98 Å². The van der Waals surface area contributed by atoms with Crippen molar-refractivity contribution in [2.75, 3.05) is 26.8 Å². The molecular formula is C24H32IN5O2. The Morgan fingerprint density at radius 2 is 1.81 bits per heavy atom. The first-order valence-electron chi connectivity index (χ1n) is 10.6. The number of aliphatic imine (C=N–C) groups is 1. The van der Waals surface area contributed by atoms with Gasteiger partial charge in [0.2, 0.25) is 0 Å². The third kappa shape index (κ3) is 7.15. The Labute approximate surface area is 207 Å². The van der Waals surface area contributed by atoms with Crippen LogP contribution in [0.3, 0.4) is 0 Å². The topological polar surface area (TPSA) is 72.7 Å². The van der Waals surface area contributed by atoms with Crippen LogP contribution in [0.25, 0.3) is 5.69 Å². The van der Waals surface area contributed by atoms with Crippen LogP contribution in [-0.2, 0) is 13.0 Å². The van der Waals surface area contributed by atoms with E-state index >= 15 is 0 Å². The number of halogens is 1. The summed E-state index contributed by atoms with van der Waals surface area (Å²) in [5.74, 6) is 2.34. The largest absolute Gasteiger partial charge is 0.490 e. The van der Waals surface area contributed by atoms with E-state index in [4.69, 9.17) is 9.47 Å². The summed E-state index contributed by atoms with van der Waals surface area (Å²) in [4.78, 5) is 8.49. The van der Waals surface area contributed by atoms with E-state index in [1.54, 1.807) is 19.6 Å². The molecule has 172 valence electrons. The summed E-state index contributed by atoms with van der Waals surface area (Å²) in [6.45, 7) is 6.59. The summed E-state index contributed by atoms with van der Waals surface area (Å²) in [6, 6.07) is 14.3. The Balaban J connectivity index is 0.00000363. The number of guanidine groups is 1. The first-order valence-corrected chi connectivity index (χ1v) is 10.6. The van der Waals surface area contributed by atoms with Gasteiger partial charge >= 0.3 is 0 Å². The first kappa shape index (κ1) is 25.5. The fourth-order valence-electron chi connectivity index (χ4n) is 3.29. The van der Waals surface area contributed by atoms with Crippen LogP contribution in [0.2, 0.25) is 0 Å². The summed E-state index contributed by atoms with van der Waals surface area (Å²) in [6.07, 6.45) is 6.37. The fourth-order valence-corrected chi connectivity index (χ4v) is 3.29. The lowest BCUT2D eigenvalue weighted by Crippen LogP contribution is -2.38. The van der Waals surface area contributed by atoms with Gasteiger partial charge in [0, 0.05) is 32.5 Å². The lowest BCUT2D eigenvalue weighted by molar-refractivity contribution is 0.287. The van der Waals surface area contributed by atoms with Crippen molar-refractivity contribution < 1.29 is 9.47 Å². The molecule has 0 radical (unpaired) electrons. The molecule has 0 aliphatic carbocycles. The van der Waals surface area contributed by atoms with Gasteiger partial charge in [0.15, 0.2) is 17.5 Å². The predicted molar refractivity (Wildman–Crippen MR) is 140 cm³/mol. The standard InChI is InChI=1S/C24H31N5O2.HI/c1-4-30-22-11-10-19(16-23(22)31-5-2)12-13-27-24(25-3)28-17-20-8-6-7-9-21(20)29-15-14-26-18-29;/h6-11,14-16,18H,4-5,12-13,17H2,1-3H3,(H2,25,27,28);1H. The van der Waals surface area contributed by atoms with Gasteiger partial charge in [0.25, 0.3) is 0 Å². The SMILES string of the molecule is CCOc1ccc(CCNC(=NC)NCc2ccccc2-n2ccnc2)cc1OCC.I. The zero-order valence-corrected chi connectivity index (χ0v) is 21.2. The van der Waals surface area contributed by atoms with Crippen molar-refractivity contribution >= 4 is 29.9 Å². The van der Waals surface area contributed by atoms with Crippen molar-refractivity contribution in [3.8, 4) is 17.2 Å². The molecule has 0 aliphatic rings. The number of nitrogens with zero attached hydrogens (tertiary/aromatic N) is 3. The van der Waals surface area contributed by atoms with Gasteiger partial charge in [-0.15, -0.1) is 24.0 Å². The van der Waals surface area contributed by atoms with Gasteiger partial charge in [-0.1, -0.05) is 24.3 Å². The number of rotatable bonds is 10. The Morgan fingerprint density at radius 1 is 1.03 bits per heavy atom. The normalized spacial score (nSPS) is 10.9. The summed E-state index contributed by atoms with van der Waals surface area (Å²) >= 11 is 0. The van der Waals surface area contributed by atoms with Crippen LogP contribution < -0.4 is 20.1 Å². The molecule has 0 fully saturated rings. The quantitative estimate of drug-likeness (QED) is 0.226. The van der Waals surface area contributed by atoms with Crippen LogP contribution in [0.15, 0.2) is 66.2 Å². The molecule has 0 unspecified atom stereocenters. The molecule has 0 amide bonds. The molecule has 0 saturated heterocycles. The van der Waals surface area contributed by atoms with E-state index < -0.39 is 0 Å². The fraction of sp³-hybridized carbons (Fsp3) is 0.333. The number of hydrogen-bond donors (Lipinski definition) is 2. The molecule has 3 aromatic rings. The maximum Gasteiger partial charge on any atom is 0.191 e. The number of aromatic nitrogens is 2. The number of nitrogens with one attached hydrogen (secondary N) is 2. The lowest BCUT2D eigenvalue weighted by atomic mass is 10.1. The number of ether oxygens (including phenoxy) is 2. The van der Waals surface area contributed by atoms with Crippen molar-refractivity contribution in [1.29, 1.82) is 0 Å². The van der Waals surface area contributed by atoms with E-state index in [9.17, 15) is 0 Å². The smallest absolute Gasteiger partial charge is 0.191 e. The second-order valence-corrected chi connectivity index (χ2v) is 6.85. The van der Waals surface area contributed by atoms with Crippen LogP contribution in [0.1, 0.15) is 25.0 Å². The van der Waals surface area contributed by atoms with E-state index in [-0.39, 0.29) is 24.0 Å². The Morgan fingerprint density at radius 3 is 2.53 bits per heavy atom. The highest BCUT2D eigenvalue weighted by molar-refractivity contribution is 14.0. The zero-order chi connectivity index (χ0) is 21.9. The second-order valence-electron chi connectivity index (χ2n) is 6.85. The van der Waals surface area contributed by atoms with Crippen molar-refractivity contribution in [2.45, 2.75) is 26.8 Å². The summed E-state index contributed by atoms with van der Waals surface area (Å²) in [5, 5.41) is 6.77. The average Bonchev–Trinajstić information content (AvgIpc) is 3.33. The first-order chi connectivity index (χ1) is 15.2. The van der Waals surface area contributed by atoms with Gasteiger partial charge in [-0.2, -0.15) is 0 Å². The third-order valence-electron chi connectivity index (χ3n) is 4.76. The Hall–Kier alpha value is -2.75. The molecule has 0 saturated carbocycles. The number of imidazole rings is 1. The number of para-hydroxylation sites is 1. The summed E-state index contributed by atoms with van der Waals surface area (Å²) < 4.78 is 13.4. The van der Waals surface area contributed by atoms with Crippen molar-refractivity contribution in [2.24, 2.45) is 4.99 Å². The minimum Gasteiger partial charge on any atom is -0.490 e. The molecule has 0 spiro atoms. The van der Waals surface area contributed by atoms with Gasteiger partial charge in [-0.3, -0.25) is 4.99 Å². The predicted octanol–water partition coefficient (Wildman–Crippen LogP) is 4.20. The molecule has 32 heavy (non-hydrogen) atoms. The summed E-state index contributed by atoms with van der Waals surface area (Å²) in [7, 11) is 1.78. The molecule has 0 bridgehead atoms. The molecule has 7 nitrogen and oxygen atoms in total. The Kier molecular flexibility index (Phi) is 10.9. The van der Waals surface area contributed by atoms with Gasteiger partial charge < -0.3 is 24.7 Å². The van der Waals surface area contributed by atoms with E-state index in [2.05, 4.69) is 38.8 Å². The van der Waals surface area contributed by atoms with Crippen LogP contribution >= 0.6 is 24.0 Å². The highest BCUT2D eigenvalue weighted by Crippen LogP contribution is 2.28. The summed E-state index contributed by atoms with van der Waals surface area (Å²) in [5.41, 5.74) is 3.44. The maximum absolute atomic E-state index is 5.72. The third-order valence-corrected chi connectivity index (χ3v) is 4.76. The van der Waals surface area contributed by atoms with E-state index in [0.717, 1.165) is 41.7 Å². The zero-order valence-electron chi connectivity index (χ0n) is 18.9. The van der Waals surface area contributed by atoms with Crippen LogP contribution in [0, 0.1) is 0 Å². The molecule has 0 aliphatic heterocycles. The average molecular weight is 549 g/mol. The van der Waals surface area contributed by atoms with Crippen molar-refractivity contribution in [3.63, 3.8) is 0 Å². The molecule has 1 aromatic heterocycles. The van der Waals surface area contributed by atoms with Crippen LogP contribution in [0.4, 0.5) is 0 Å². The number of hydrogen-bond acceptors (Lipinski definition) is 4.